The van der Waals surface area contributed by atoms with Crippen molar-refractivity contribution in [3.8, 4) is 5.75 Å². The molecule has 0 saturated heterocycles. The second-order valence-corrected chi connectivity index (χ2v) is 7.53. The summed E-state index contributed by atoms with van der Waals surface area (Å²) in [5.41, 5.74) is 2.28. The first-order valence-corrected chi connectivity index (χ1v) is 10.3. The molecule has 4 rings (SSSR count). The zero-order chi connectivity index (χ0) is 21.6. The molecule has 0 aliphatic carbocycles. The molecule has 0 saturated carbocycles. The molecule has 0 bridgehead atoms. The summed E-state index contributed by atoms with van der Waals surface area (Å²) in [5, 5.41) is 5.94. The van der Waals surface area contributed by atoms with Crippen molar-refractivity contribution in [3.05, 3.63) is 95.8 Å². The van der Waals surface area contributed by atoms with Gasteiger partial charge in [-0.3, -0.25) is 4.79 Å². The van der Waals surface area contributed by atoms with Gasteiger partial charge in [-0.25, -0.2) is 9.37 Å². The Morgan fingerprint density at radius 2 is 1.84 bits per heavy atom. The normalized spacial score (nSPS) is 11.4. The standard InChI is InChI=1S/C24H18FN3O2S/c1-30-20-11-7-18(8-12-20)16-26-28(23(29)14-9-17-5-3-2-4-6-17)24-27-21-13-10-19(25)15-22(21)31-24/h2-16H,1H3/b14-9+,26-16+. The quantitative estimate of drug-likeness (QED) is 0.229. The Hall–Kier alpha value is -3.84. The Kier molecular flexibility index (Phi) is 6.14. The zero-order valence-electron chi connectivity index (χ0n) is 16.6. The number of rotatable bonds is 6. The topological polar surface area (TPSA) is 54.8 Å². The minimum atomic E-state index is -0.367. The maximum absolute atomic E-state index is 13.6. The summed E-state index contributed by atoms with van der Waals surface area (Å²) in [6.07, 6.45) is 4.72. The number of hydrogen-bond acceptors (Lipinski definition) is 5. The molecule has 154 valence electrons. The van der Waals surface area contributed by atoms with Crippen LogP contribution in [0.25, 0.3) is 16.3 Å². The lowest BCUT2D eigenvalue weighted by atomic mass is 10.2. The van der Waals surface area contributed by atoms with Gasteiger partial charge < -0.3 is 4.74 Å². The van der Waals surface area contributed by atoms with E-state index >= 15 is 0 Å². The molecule has 0 radical (unpaired) electrons. The van der Waals surface area contributed by atoms with Crippen LogP contribution in [0.1, 0.15) is 11.1 Å². The summed E-state index contributed by atoms with van der Waals surface area (Å²) in [5.74, 6) is 0.00324. The Morgan fingerprint density at radius 1 is 1.06 bits per heavy atom. The van der Waals surface area contributed by atoms with Gasteiger partial charge in [-0.1, -0.05) is 41.7 Å². The third-order valence-electron chi connectivity index (χ3n) is 4.39. The number of anilines is 1. The van der Waals surface area contributed by atoms with E-state index in [-0.39, 0.29) is 11.7 Å². The number of carbonyl (C=O) groups excluding carboxylic acids is 1. The maximum Gasteiger partial charge on any atom is 0.273 e. The average molecular weight is 431 g/mol. The van der Waals surface area contributed by atoms with E-state index in [1.54, 1.807) is 25.5 Å². The Morgan fingerprint density at radius 3 is 2.58 bits per heavy atom. The molecule has 4 aromatic rings. The van der Waals surface area contributed by atoms with E-state index in [1.165, 1.54) is 34.6 Å². The Balaban J connectivity index is 1.67. The molecule has 7 heteroatoms. The number of fused-ring (bicyclic) bond motifs is 1. The number of nitrogens with zero attached hydrogens (tertiary/aromatic N) is 3. The van der Waals surface area contributed by atoms with Crippen molar-refractivity contribution in [1.29, 1.82) is 0 Å². The number of carbonyl (C=O) groups is 1. The van der Waals surface area contributed by atoms with Crippen LogP contribution in [-0.2, 0) is 4.79 Å². The predicted octanol–water partition coefficient (Wildman–Crippen LogP) is 5.52. The Labute approximate surface area is 182 Å². The van der Waals surface area contributed by atoms with E-state index < -0.39 is 0 Å². The van der Waals surface area contributed by atoms with Crippen LogP contribution >= 0.6 is 11.3 Å². The van der Waals surface area contributed by atoms with Crippen molar-refractivity contribution >= 4 is 44.9 Å². The molecule has 5 nitrogen and oxygen atoms in total. The molecule has 0 N–H and O–H groups in total. The van der Waals surface area contributed by atoms with E-state index in [9.17, 15) is 9.18 Å². The van der Waals surface area contributed by atoms with Gasteiger partial charge in [0.15, 0.2) is 0 Å². The fraction of sp³-hybridized carbons (Fsp3) is 0.0417. The molecule has 1 amide bonds. The fourth-order valence-electron chi connectivity index (χ4n) is 2.79. The number of hydrazone groups is 1. The number of thiazole rings is 1. The van der Waals surface area contributed by atoms with Crippen LogP contribution in [0.4, 0.5) is 9.52 Å². The zero-order valence-corrected chi connectivity index (χ0v) is 17.4. The van der Waals surface area contributed by atoms with Gasteiger partial charge >= 0.3 is 0 Å². The molecule has 0 aliphatic heterocycles. The first kappa shape index (κ1) is 20.4. The van der Waals surface area contributed by atoms with Gasteiger partial charge in [-0.15, -0.1) is 0 Å². The van der Waals surface area contributed by atoms with E-state index in [0.717, 1.165) is 16.9 Å². The first-order valence-electron chi connectivity index (χ1n) is 9.44. The summed E-state index contributed by atoms with van der Waals surface area (Å²) in [6.45, 7) is 0. The lowest BCUT2D eigenvalue weighted by Crippen LogP contribution is -2.23. The molecular weight excluding hydrogens is 413 g/mol. The van der Waals surface area contributed by atoms with Crippen molar-refractivity contribution in [2.75, 3.05) is 12.1 Å². The number of ether oxygens (including phenoxy) is 1. The molecule has 3 aromatic carbocycles. The molecule has 0 spiro atoms. The molecule has 0 aliphatic rings. The molecule has 1 heterocycles. The molecule has 1 aromatic heterocycles. The fourth-order valence-corrected chi connectivity index (χ4v) is 3.75. The van der Waals surface area contributed by atoms with Crippen molar-refractivity contribution in [3.63, 3.8) is 0 Å². The monoisotopic (exact) mass is 431 g/mol. The largest absolute Gasteiger partial charge is 0.497 e. The average Bonchev–Trinajstić information content (AvgIpc) is 3.21. The lowest BCUT2D eigenvalue weighted by Gasteiger charge is -2.11. The van der Waals surface area contributed by atoms with E-state index in [1.807, 2.05) is 54.6 Å². The number of benzene rings is 3. The molecular formula is C24H18FN3O2S. The minimum absolute atomic E-state index is 0.355. The molecule has 0 fully saturated rings. The van der Waals surface area contributed by atoms with Gasteiger partial charge in [0.05, 0.1) is 23.5 Å². The third-order valence-corrected chi connectivity index (χ3v) is 5.38. The maximum atomic E-state index is 13.6. The van der Waals surface area contributed by atoms with Crippen molar-refractivity contribution in [2.24, 2.45) is 5.10 Å². The summed E-state index contributed by atoms with van der Waals surface area (Å²) in [4.78, 5) is 17.4. The summed E-state index contributed by atoms with van der Waals surface area (Å²) < 4.78 is 19.4. The van der Waals surface area contributed by atoms with E-state index in [2.05, 4.69) is 10.1 Å². The first-order chi connectivity index (χ1) is 15.1. The molecule has 0 unspecified atom stereocenters. The van der Waals surface area contributed by atoms with Gasteiger partial charge in [0, 0.05) is 6.08 Å². The van der Waals surface area contributed by atoms with Crippen molar-refractivity contribution in [1.82, 2.24) is 4.98 Å². The van der Waals surface area contributed by atoms with E-state index in [0.29, 0.717) is 15.3 Å². The van der Waals surface area contributed by atoms with Crippen LogP contribution in [-0.4, -0.2) is 24.2 Å². The smallest absolute Gasteiger partial charge is 0.273 e. The van der Waals surface area contributed by atoms with Crippen LogP contribution in [0.2, 0.25) is 0 Å². The highest BCUT2D eigenvalue weighted by Crippen LogP contribution is 2.30. The molecule has 0 atom stereocenters. The van der Waals surface area contributed by atoms with Crippen molar-refractivity contribution < 1.29 is 13.9 Å². The van der Waals surface area contributed by atoms with Crippen LogP contribution in [0.15, 0.2) is 84.0 Å². The van der Waals surface area contributed by atoms with Gasteiger partial charge in [-0.05, 0) is 59.7 Å². The van der Waals surface area contributed by atoms with Crippen LogP contribution in [0.5, 0.6) is 5.75 Å². The summed E-state index contributed by atoms with van der Waals surface area (Å²) in [7, 11) is 1.60. The van der Waals surface area contributed by atoms with E-state index in [4.69, 9.17) is 4.74 Å². The summed E-state index contributed by atoms with van der Waals surface area (Å²) in [6, 6.07) is 21.1. The number of amides is 1. The number of aromatic nitrogens is 1. The van der Waals surface area contributed by atoms with Gasteiger partial charge in [0.1, 0.15) is 11.6 Å². The number of hydrogen-bond donors (Lipinski definition) is 0. The summed E-state index contributed by atoms with van der Waals surface area (Å²) >= 11 is 1.20. The second kappa shape index (κ2) is 9.32. The van der Waals surface area contributed by atoms with Crippen LogP contribution in [0, 0.1) is 5.82 Å². The van der Waals surface area contributed by atoms with Crippen LogP contribution in [0.3, 0.4) is 0 Å². The second-order valence-electron chi connectivity index (χ2n) is 6.52. The SMILES string of the molecule is COc1ccc(/C=N/N(C(=O)/C=C/c2ccccc2)c2nc3ccc(F)cc3s2)cc1. The van der Waals surface area contributed by atoms with Crippen LogP contribution < -0.4 is 9.75 Å². The number of halogens is 1. The molecule has 31 heavy (non-hydrogen) atoms. The highest BCUT2D eigenvalue weighted by molar-refractivity contribution is 7.22. The van der Waals surface area contributed by atoms with Gasteiger partial charge in [0.25, 0.3) is 5.91 Å². The van der Waals surface area contributed by atoms with Gasteiger partial charge in [-0.2, -0.15) is 10.1 Å². The van der Waals surface area contributed by atoms with Gasteiger partial charge in [0.2, 0.25) is 5.13 Å². The third kappa shape index (κ3) is 5.02. The van der Waals surface area contributed by atoms with Crippen molar-refractivity contribution in [2.45, 2.75) is 0 Å². The lowest BCUT2D eigenvalue weighted by molar-refractivity contribution is -0.114. The minimum Gasteiger partial charge on any atom is -0.497 e. The highest BCUT2D eigenvalue weighted by Gasteiger charge is 2.17. The number of methoxy groups -OCH3 is 1. The Bertz CT molecular complexity index is 1250. The highest BCUT2D eigenvalue weighted by atomic mass is 32.1. The predicted molar refractivity (Wildman–Crippen MR) is 123 cm³/mol.